The first-order chi connectivity index (χ1) is 8.36. The predicted octanol–water partition coefficient (Wildman–Crippen LogP) is 2.47. The van der Waals surface area contributed by atoms with Gasteiger partial charge < -0.3 is 14.8 Å². The second-order valence-corrected chi connectivity index (χ2v) is 5.07. The number of hydrogen-bond donors (Lipinski definition) is 1. The zero-order valence-electron chi connectivity index (χ0n) is 11.1. The number of rotatable bonds is 7. The minimum atomic E-state index is 0.257. The molecule has 0 bridgehead atoms. The van der Waals surface area contributed by atoms with Crippen LogP contribution in [0.3, 0.4) is 0 Å². The minimum Gasteiger partial charge on any atom is -0.496 e. The van der Waals surface area contributed by atoms with Gasteiger partial charge in [0, 0.05) is 7.11 Å². The zero-order valence-corrected chi connectivity index (χ0v) is 11.1. The number of hydrogen-bond acceptors (Lipinski definition) is 3. The van der Waals surface area contributed by atoms with E-state index in [9.17, 15) is 0 Å². The summed E-state index contributed by atoms with van der Waals surface area (Å²) in [6.45, 7) is 4.08. The molecular formula is C14H25NO2. The number of methoxy groups -OCH3 is 1. The van der Waals surface area contributed by atoms with E-state index in [1.165, 1.54) is 12.8 Å². The molecule has 2 rings (SSSR count). The van der Waals surface area contributed by atoms with Crippen molar-refractivity contribution < 1.29 is 9.47 Å². The summed E-state index contributed by atoms with van der Waals surface area (Å²) in [5.74, 6) is 1.84. The molecule has 0 radical (unpaired) electrons. The van der Waals surface area contributed by atoms with Crippen LogP contribution in [-0.4, -0.2) is 32.4 Å². The second kappa shape index (κ2) is 6.41. The quantitative estimate of drug-likeness (QED) is 0.740. The molecule has 0 aromatic carbocycles. The highest BCUT2D eigenvalue weighted by atomic mass is 16.5. The van der Waals surface area contributed by atoms with E-state index in [0.717, 1.165) is 44.1 Å². The Labute approximate surface area is 105 Å². The Bertz CT molecular complexity index is 261. The molecule has 98 valence electrons. The van der Waals surface area contributed by atoms with Crippen LogP contribution in [0.1, 0.15) is 39.0 Å². The van der Waals surface area contributed by atoms with Crippen molar-refractivity contribution in [3.05, 3.63) is 11.8 Å². The Morgan fingerprint density at radius 1 is 1.53 bits per heavy atom. The van der Waals surface area contributed by atoms with E-state index in [-0.39, 0.29) is 12.1 Å². The lowest BCUT2D eigenvalue weighted by Gasteiger charge is -2.30. The summed E-state index contributed by atoms with van der Waals surface area (Å²) in [4.78, 5) is 0. The topological polar surface area (TPSA) is 30.5 Å². The van der Waals surface area contributed by atoms with Crippen LogP contribution < -0.4 is 5.32 Å². The van der Waals surface area contributed by atoms with E-state index in [1.807, 2.05) is 7.11 Å². The summed E-state index contributed by atoms with van der Waals surface area (Å²) in [6, 6.07) is 0.257. The molecule has 0 spiro atoms. The fourth-order valence-corrected chi connectivity index (χ4v) is 2.50. The molecular weight excluding hydrogens is 214 g/mol. The molecule has 1 aliphatic carbocycles. The van der Waals surface area contributed by atoms with Crippen LogP contribution in [0.4, 0.5) is 0 Å². The van der Waals surface area contributed by atoms with Crippen LogP contribution in [0.25, 0.3) is 0 Å². The van der Waals surface area contributed by atoms with Crippen LogP contribution in [0.5, 0.6) is 0 Å². The van der Waals surface area contributed by atoms with Crippen molar-refractivity contribution >= 4 is 0 Å². The molecule has 3 heteroatoms. The number of ether oxygens (including phenoxy) is 2. The van der Waals surface area contributed by atoms with Crippen molar-refractivity contribution in [2.75, 3.05) is 20.3 Å². The standard InChI is InChI=1S/C14H25NO2/c1-3-9-15-13(12-6-4-5-10-17-12)14(16-2)11-7-8-11/h6,11,13-15H,3-5,7-10H2,1-2H3. The van der Waals surface area contributed by atoms with Gasteiger partial charge in [0.15, 0.2) is 0 Å². The van der Waals surface area contributed by atoms with Crippen molar-refractivity contribution in [2.45, 2.75) is 51.2 Å². The maximum atomic E-state index is 5.82. The van der Waals surface area contributed by atoms with Gasteiger partial charge in [-0.05, 0) is 50.6 Å². The number of nitrogens with one attached hydrogen (secondary N) is 1. The first-order valence-electron chi connectivity index (χ1n) is 6.95. The van der Waals surface area contributed by atoms with E-state index in [1.54, 1.807) is 0 Å². The Kier molecular flexibility index (Phi) is 4.86. The first-order valence-corrected chi connectivity index (χ1v) is 6.95. The predicted molar refractivity (Wildman–Crippen MR) is 68.9 cm³/mol. The van der Waals surface area contributed by atoms with Gasteiger partial charge in [-0.3, -0.25) is 0 Å². The highest BCUT2D eigenvalue weighted by Gasteiger charge is 2.39. The minimum absolute atomic E-state index is 0.257. The molecule has 0 saturated heterocycles. The maximum Gasteiger partial charge on any atom is 0.112 e. The molecule has 1 heterocycles. The molecule has 1 aliphatic heterocycles. The smallest absolute Gasteiger partial charge is 0.112 e. The lowest BCUT2D eigenvalue weighted by Crippen LogP contribution is -2.45. The molecule has 2 atom stereocenters. The molecule has 2 unspecified atom stereocenters. The van der Waals surface area contributed by atoms with Gasteiger partial charge in [-0.25, -0.2) is 0 Å². The average Bonchev–Trinajstić information content (AvgIpc) is 3.20. The fraction of sp³-hybridized carbons (Fsp3) is 0.857. The van der Waals surface area contributed by atoms with Crippen LogP contribution in [-0.2, 0) is 9.47 Å². The molecule has 0 aromatic heterocycles. The van der Waals surface area contributed by atoms with E-state index < -0.39 is 0 Å². The second-order valence-electron chi connectivity index (χ2n) is 5.07. The lowest BCUT2D eigenvalue weighted by atomic mass is 10.0. The normalized spacial score (nSPS) is 23.8. The first kappa shape index (κ1) is 12.9. The molecule has 0 aromatic rings. The summed E-state index contributed by atoms with van der Waals surface area (Å²) in [6.07, 6.45) is 8.56. The maximum absolute atomic E-state index is 5.82. The van der Waals surface area contributed by atoms with Crippen molar-refractivity contribution in [1.82, 2.24) is 5.32 Å². The SMILES string of the molecule is CCCNC(C1=CCCCO1)C(OC)C1CC1. The van der Waals surface area contributed by atoms with Crippen LogP contribution in [0.15, 0.2) is 11.8 Å². The number of allylic oxidation sites excluding steroid dienone is 1. The largest absolute Gasteiger partial charge is 0.496 e. The third kappa shape index (κ3) is 3.46. The van der Waals surface area contributed by atoms with Crippen molar-refractivity contribution in [1.29, 1.82) is 0 Å². The van der Waals surface area contributed by atoms with Gasteiger partial charge in [0.25, 0.3) is 0 Å². The molecule has 0 amide bonds. The molecule has 2 aliphatic rings. The summed E-state index contributed by atoms with van der Waals surface area (Å²) >= 11 is 0. The summed E-state index contributed by atoms with van der Waals surface area (Å²) in [5.41, 5.74) is 0. The van der Waals surface area contributed by atoms with E-state index in [4.69, 9.17) is 9.47 Å². The van der Waals surface area contributed by atoms with Gasteiger partial charge >= 0.3 is 0 Å². The highest BCUT2D eigenvalue weighted by Crippen LogP contribution is 2.37. The average molecular weight is 239 g/mol. The molecule has 17 heavy (non-hydrogen) atoms. The van der Waals surface area contributed by atoms with Gasteiger partial charge in [-0.2, -0.15) is 0 Å². The molecule has 1 fully saturated rings. The van der Waals surface area contributed by atoms with Crippen LogP contribution in [0, 0.1) is 5.92 Å². The third-order valence-corrected chi connectivity index (χ3v) is 3.57. The van der Waals surface area contributed by atoms with Crippen LogP contribution in [0.2, 0.25) is 0 Å². The Balaban J connectivity index is 2.02. The van der Waals surface area contributed by atoms with Crippen molar-refractivity contribution in [2.24, 2.45) is 5.92 Å². The van der Waals surface area contributed by atoms with Crippen LogP contribution >= 0.6 is 0 Å². The molecule has 1 N–H and O–H groups in total. The van der Waals surface area contributed by atoms with E-state index >= 15 is 0 Å². The van der Waals surface area contributed by atoms with Gasteiger partial charge in [-0.15, -0.1) is 0 Å². The fourth-order valence-electron chi connectivity index (χ4n) is 2.50. The lowest BCUT2D eigenvalue weighted by molar-refractivity contribution is 0.0359. The van der Waals surface area contributed by atoms with Crippen molar-refractivity contribution in [3.8, 4) is 0 Å². The van der Waals surface area contributed by atoms with Gasteiger partial charge in [0.05, 0.1) is 18.8 Å². The summed E-state index contributed by atoms with van der Waals surface area (Å²) < 4.78 is 11.5. The molecule has 1 saturated carbocycles. The Morgan fingerprint density at radius 3 is 2.88 bits per heavy atom. The Hall–Kier alpha value is -0.540. The van der Waals surface area contributed by atoms with Gasteiger partial charge in [-0.1, -0.05) is 6.92 Å². The van der Waals surface area contributed by atoms with Crippen molar-refractivity contribution in [3.63, 3.8) is 0 Å². The summed E-state index contributed by atoms with van der Waals surface area (Å²) in [7, 11) is 1.83. The monoisotopic (exact) mass is 239 g/mol. The van der Waals surface area contributed by atoms with Gasteiger partial charge in [0.1, 0.15) is 5.76 Å². The third-order valence-electron chi connectivity index (χ3n) is 3.57. The highest BCUT2D eigenvalue weighted by molar-refractivity contribution is 5.11. The molecule has 3 nitrogen and oxygen atoms in total. The van der Waals surface area contributed by atoms with Gasteiger partial charge in [0.2, 0.25) is 0 Å². The van der Waals surface area contributed by atoms with E-state index in [0.29, 0.717) is 0 Å². The summed E-state index contributed by atoms with van der Waals surface area (Å²) in [5, 5.41) is 3.59. The Morgan fingerprint density at radius 2 is 2.35 bits per heavy atom. The van der Waals surface area contributed by atoms with E-state index in [2.05, 4.69) is 18.3 Å². The zero-order chi connectivity index (χ0) is 12.1.